The molecule has 1 aliphatic rings. The minimum absolute atomic E-state index is 0.256. The molecule has 160 valence electrons. The molecule has 1 aliphatic heterocycles. The molecule has 2 aromatic rings. The van der Waals surface area contributed by atoms with Crippen LogP contribution in [0.1, 0.15) is 43.0 Å². The molecule has 1 fully saturated rings. The number of morpholine rings is 1. The van der Waals surface area contributed by atoms with E-state index in [1.165, 1.54) is 0 Å². The summed E-state index contributed by atoms with van der Waals surface area (Å²) in [7, 11) is 0. The van der Waals surface area contributed by atoms with Gasteiger partial charge >= 0.3 is 5.97 Å². The quantitative estimate of drug-likeness (QED) is 0.656. The van der Waals surface area contributed by atoms with Gasteiger partial charge in [0.15, 0.2) is 0 Å². The molecule has 2 N–H and O–H groups in total. The molecular formula is C22H23Cl2NO5. The van der Waals surface area contributed by atoms with Crippen molar-refractivity contribution in [2.45, 2.75) is 44.1 Å². The van der Waals surface area contributed by atoms with E-state index in [1.807, 2.05) is 13.0 Å². The van der Waals surface area contributed by atoms with E-state index in [0.717, 1.165) is 5.56 Å². The molecule has 30 heavy (non-hydrogen) atoms. The van der Waals surface area contributed by atoms with Crippen molar-refractivity contribution >= 4 is 35.1 Å². The van der Waals surface area contributed by atoms with Gasteiger partial charge in [0.2, 0.25) is 0 Å². The summed E-state index contributed by atoms with van der Waals surface area (Å²) in [5.41, 5.74) is 1.47. The Hall–Kier alpha value is -2.12. The summed E-state index contributed by atoms with van der Waals surface area (Å²) in [6.45, 7) is 1.61. The van der Waals surface area contributed by atoms with Gasteiger partial charge in [-0.15, -0.1) is 0 Å². The van der Waals surface area contributed by atoms with Crippen LogP contribution in [-0.2, 0) is 14.3 Å². The van der Waals surface area contributed by atoms with Crippen LogP contribution in [0.15, 0.2) is 48.5 Å². The Bertz CT molecular complexity index is 901. The van der Waals surface area contributed by atoms with E-state index in [2.05, 4.69) is 0 Å². The lowest BCUT2D eigenvalue weighted by Crippen LogP contribution is -2.56. The van der Waals surface area contributed by atoms with Gasteiger partial charge in [-0.25, -0.2) is 0 Å². The smallest absolute Gasteiger partial charge is 0.306 e. The summed E-state index contributed by atoms with van der Waals surface area (Å²) < 4.78 is 6.07. The van der Waals surface area contributed by atoms with Crippen LogP contribution in [0.4, 0.5) is 0 Å². The van der Waals surface area contributed by atoms with Gasteiger partial charge in [0.05, 0.1) is 25.1 Å². The Balaban J connectivity index is 2.16. The minimum Gasteiger partial charge on any atom is -0.481 e. The first-order chi connectivity index (χ1) is 14.3. The number of carboxylic acid groups (broad SMARTS) is 1. The van der Waals surface area contributed by atoms with Crippen LogP contribution in [0.25, 0.3) is 0 Å². The Morgan fingerprint density at radius 2 is 1.83 bits per heavy atom. The molecule has 0 aliphatic carbocycles. The molecule has 6 nitrogen and oxygen atoms in total. The lowest BCUT2D eigenvalue weighted by Gasteiger charge is -2.47. The first kappa shape index (κ1) is 22.6. The highest BCUT2D eigenvalue weighted by Crippen LogP contribution is 2.44. The van der Waals surface area contributed by atoms with Crippen LogP contribution in [-0.4, -0.2) is 45.7 Å². The number of aliphatic carboxylic acids is 1. The van der Waals surface area contributed by atoms with Crippen molar-refractivity contribution in [3.05, 3.63) is 69.7 Å². The van der Waals surface area contributed by atoms with Gasteiger partial charge in [0.1, 0.15) is 12.2 Å². The average Bonchev–Trinajstić information content (AvgIpc) is 2.71. The predicted molar refractivity (Wildman–Crippen MR) is 114 cm³/mol. The second kappa shape index (κ2) is 9.79. The van der Waals surface area contributed by atoms with Crippen molar-refractivity contribution < 1.29 is 24.5 Å². The SMILES string of the molecule is CC[C@@H](CO)N1C(=O)C(CC(=O)O)O[C@@H](c2cccc(Cl)c2)C1c1ccc(Cl)cc1. The number of nitrogens with zero attached hydrogens (tertiary/aromatic N) is 1. The maximum absolute atomic E-state index is 13.3. The zero-order valence-corrected chi connectivity index (χ0v) is 17.9. The fourth-order valence-corrected chi connectivity index (χ4v) is 4.14. The molecule has 2 aromatic carbocycles. The predicted octanol–water partition coefficient (Wildman–Crippen LogP) is 4.25. The van der Waals surface area contributed by atoms with Gasteiger partial charge in [-0.3, -0.25) is 9.59 Å². The summed E-state index contributed by atoms with van der Waals surface area (Å²) >= 11 is 12.2. The summed E-state index contributed by atoms with van der Waals surface area (Å²) in [5, 5.41) is 20.3. The Morgan fingerprint density at radius 3 is 2.40 bits per heavy atom. The van der Waals surface area contributed by atoms with E-state index in [4.69, 9.17) is 27.9 Å². The second-order valence-electron chi connectivity index (χ2n) is 7.18. The van der Waals surface area contributed by atoms with E-state index in [-0.39, 0.29) is 6.61 Å². The molecule has 0 radical (unpaired) electrons. The number of halogens is 2. The Labute approximate surface area is 185 Å². The zero-order valence-electron chi connectivity index (χ0n) is 16.4. The number of carboxylic acids is 1. The fraction of sp³-hybridized carbons (Fsp3) is 0.364. The highest BCUT2D eigenvalue weighted by Gasteiger charge is 2.46. The monoisotopic (exact) mass is 451 g/mol. The van der Waals surface area contributed by atoms with Crippen LogP contribution in [0.5, 0.6) is 0 Å². The largest absolute Gasteiger partial charge is 0.481 e. The van der Waals surface area contributed by atoms with Crippen molar-refractivity contribution in [1.82, 2.24) is 4.90 Å². The molecule has 1 heterocycles. The van der Waals surface area contributed by atoms with E-state index in [9.17, 15) is 19.8 Å². The van der Waals surface area contributed by atoms with Crippen LogP contribution in [0.3, 0.4) is 0 Å². The second-order valence-corrected chi connectivity index (χ2v) is 8.06. The third-order valence-electron chi connectivity index (χ3n) is 5.25. The number of rotatable bonds is 7. The Kier molecular flexibility index (Phi) is 7.36. The summed E-state index contributed by atoms with van der Waals surface area (Å²) in [4.78, 5) is 26.2. The molecular weight excluding hydrogens is 429 g/mol. The molecule has 1 amide bonds. The van der Waals surface area contributed by atoms with Crippen molar-refractivity contribution in [2.75, 3.05) is 6.61 Å². The summed E-state index contributed by atoms with van der Waals surface area (Å²) in [5.74, 6) is -1.60. The lowest BCUT2D eigenvalue weighted by molar-refractivity contribution is -0.184. The van der Waals surface area contributed by atoms with Crippen molar-refractivity contribution in [3.63, 3.8) is 0 Å². The van der Waals surface area contributed by atoms with Gasteiger partial charge in [0, 0.05) is 10.0 Å². The van der Waals surface area contributed by atoms with Gasteiger partial charge in [0.25, 0.3) is 5.91 Å². The van der Waals surface area contributed by atoms with Crippen LogP contribution in [0.2, 0.25) is 10.0 Å². The zero-order chi connectivity index (χ0) is 21.8. The van der Waals surface area contributed by atoms with Crippen LogP contribution < -0.4 is 0 Å². The highest BCUT2D eigenvalue weighted by molar-refractivity contribution is 6.30. The third kappa shape index (κ3) is 4.78. The maximum atomic E-state index is 13.3. The first-order valence-electron chi connectivity index (χ1n) is 9.66. The molecule has 0 bridgehead atoms. The van der Waals surface area contributed by atoms with Crippen molar-refractivity contribution in [1.29, 1.82) is 0 Å². The summed E-state index contributed by atoms with van der Waals surface area (Å²) in [6, 6.07) is 13.0. The van der Waals surface area contributed by atoms with Gasteiger partial charge < -0.3 is 19.8 Å². The molecule has 0 spiro atoms. The van der Waals surface area contributed by atoms with Crippen molar-refractivity contribution in [2.24, 2.45) is 0 Å². The summed E-state index contributed by atoms with van der Waals surface area (Å²) in [6.07, 6.45) is -1.82. The fourth-order valence-electron chi connectivity index (χ4n) is 3.81. The number of hydrogen-bond acceptors (Lipinski definition) is 4. The number of aliphatic hydroxyl groups excluding tert-OH is 1. The van der Waals surface area contributed by atoms with Gasteiger partial charge in [-0.2, -0.15) is 0 Å². The highest BCUT2D eigenvalue weighted by atomic mass is 35.5. The van der Waals surface area contributed by atoms with E-state index < -0.39 is 42.6 Å². The number of aliphatic hydroxyl groups is 1. The average molecular weight is 452 g/mol. The number of carbonyl (C=O) groups excluding carboxylic acids is 1. The molecule has 4 atom stereocenters. The number of carbonyl (C=O) groups is 2. The molecule has 1 saturated heterocycles. The molecule has 0 aromatic heterocycles. The first-order valence-corrected chi connectivity index (χ1v) is 10.4. The Morgan fingerprint density at radius 1 is 1.13 bits per heavy atom. The number of benzene rings is 2. The van der Waals surface area contributed by atoms with E-state index in [0.29, 0.717) is 22.0 Å². The van der Waals surface area contributed by atoms with Gasteiger partial charge in [-0.05, 0) is 41.8 Å². The van der Waals surface area contributed by atoms with Crippen LogP contribution in [0, 0.1) is 0 Å². The van der Waals surface area contributed by atoms with Crippen molar-refractivity contribution in [3.8, 4) is 0 Å². The minimum atomic E-state index is -1.17. The molecule has 2 unspecified atom stereocenters. The van der Waals surface area contributed by atoms with E-state index in [1.54, 1.807) is 47.4 Å². The maximum Gasteiger partial charge on any atom is 0.306 e. The molecule has 0 saturated carbocycles. The normalized spacial score (nSPS) is 22.7. The van der Waals surface area contributed by atoms with E-state index >= 15 is 0 Å². The number of hydrogen-bond donors (Lipinski definition) is 2. The third-order valence-corrected chi connectivity index (χ3v) is 5.74. The topological polar surface area (TPSA) is 87.1 Å². The number of amides is 1. The lowest BCUT2D eigenvalue weighted by atomic mass is 9.89. The van der Waals surface area contributed by atoms with Crippen LogP contribution >= 0.6 is 23.2 Å². The molecule has 3 rings (SSSR count). The standard InChI is InChI=1S/C22H23Cl2NO5/c1-2-17(12-26)25-20(13-6-8-15(23)9-7-13)21(14-4-3-5-16(24)10-14)30-18(22(25)29)11-19(27)28/h3-10,17-18,20-21,26H,2,11-12H2,1H3,(H,27,28)/t17-,18?,20?,21-/m0/s1. The van der Waals surface area contributed by atoms with Gasteiger partial charge in [-0.1, -0.05) is 54.4 Å². The number of ether oxygens (including phenoxy) is 1. The molecule has 8 heteroatoms.